The Kier molecular flexibility index (Phi) is 8.12. The van der Waals surface area contributed by atoms with Crippen LogP contribution in [0, 0.1) is 10.1 Å². The molecule has 10 heteroatoms. The molecule has 0 radical (unpaired) electrons. The third-order valence-corrected chi connectivity index (χ3v) is 4.73. The average molecular weight is 477 g/mol. The van der Waals surface area contributed by atoms with Crippen LogP contribution >= 0.6 is 0 Å². The molecule has 3 rings (SSSR count). The third kappa shape index (κ3) is 6.64. The lowest BCUT2D eigenvalue weighted by atomic mass is 10.1. The number of rotatable bonds is 9. The van der Waals surface area contributed by atoms with Gasteiger partial charge >= 0.3 is 5.97 Å². The molecule has 10 nitrogen and oxygen atoms in total. The predicted molar refractivity (Wildman–Crippen MR) is 129 cm³/mol. The second-order valence-corrected chi connectivity index (χ2v) is 7.19. The second kappa shape index (κ2) is 11.4. The Hall–Kier alpha value is -4.73. The van der Waals surface area contributed by atoms with E-state index in [1.807, 2.05) is 6.92 Å². The molecule has 35 heavy (non-hydrogen) atoms. The Morgan fingerprint density at radius 1 is 0.771 bits per heavy atom. The van der Waals surface area contributed by atoms with Gasteiger partial charge in [-0.25, -0.2) is 4.79 Å². The van der Waals surface area contributed by atoms with Gasteiger partial charge in [-0.3, -0.25) is 19.7 Å². The number of carbonyl (C=O) groups excluding carboxylic acids is 3. The lowest BCUT2D eigenvalue weighted by Gasteiger charge is -2.09. The number of nitrogens with zero attached hydrogens (tertiary/aromatic N) is 1. The third-order valence-electron chi connectivity index (χ3n) is 4.73. The molecule has 0 heterocycles. The van der Waals surface area contributed by atoms with Crippen LogP contribution in [0.3, 0.4) is 0 Å². The fraction of sp³-hybridized carbons (Fsp3) is 0.160. The van der Waals surface area contributed by atoms with Crippen LogP contribution in [0.2, 0.25) is 0 Å². The highest BCUT2D eigenvalue weighted by Gasteiger charge is 2.19. The molecule has 0 atom stereocenters. The first kappa shape index (κ1) is 24.9. The van der Waals surface area contributed by atoms with Crippen molar-refractivity contribution in [2.24, 2.45) is 0 Å². The first-order valence-electron chi connectivity index (χ1n) is 10.7. The minimum Gasteiger partial charge on any atom is -0.494 e. The van der Waals surface area contributed by atoms with E-state index >= 15 is 0 Å². The van der Waals surface area contributed by atoms with Gasteiger partial charge in [0, 0.05) is 34.6 Å². The summed E-state index contributed by atoms with van der Waals surface area (Å²) in [5, 5.41) is 16.6. The summed E-state index contributed by atoms with van der Waals surface area (Å²) in [5.41, 5.74) is 0.710. The molecule has 0 fully saturated rings. The Labute approximate surface area is 201 Å². The first-order valence-corrected chi connectivity index (χ1v) is 10.7. The summed E-state index contributed by atoms with van der Waals surface area (Å²) in [4.78, 5) is 47.7. The molecule has 0 saturated heterocycles. The minimum absolute atomic E-state index is 0.0837. The number of benzene rings is 3. The predicted octanol–water partition coefficient (Wildman–Crippen LogP) is 4.67. The van der Waals surface area contributed by atoms with E-state index < -0.39 is 22.5 Å². The van der Waals surface area contributed by atoms with Gasteiger partial charge in [-0.2, -0.15) is 0 Å². The number of hydrogen-bond acceptors (Lipinski definition) is 7. The largest absolute Gasteiger partial charge is 0.494 e. The first-order chi connectivity index (χ1) is 16.8. The maximum absolute atomic E-state index is 12.7. The van der Waals surface area contributed by atoms with E-state index in [9.17, 15) is 24.5 Å². The highest BCUT2D eigenvalue weighted by molar-refractivity contribution is 6.07. The Morgan fingerprint density at radius 3 is 1.86 bits per heavy atom. The molecule has 2 amide bonds. The molecule has 0 saturated carbocycles. The standard InChI is InChI=1S/C25H23N3O7/c1-3-34-22-11-9-20(10-12-22)26-23(29)16-5-7-19(8-6-16)27-24(30)17-13-18(25(31)35-4-2)15-21(14-17)28(32)33/h5-15H,3-4H2,1-2H3,(H,26,29)(H,27,30). The van der Waals surface area contributed by atoms with Crippen molar-refractivity contribution in [3.63, 3.8) is 0 Å². The fourth-order valence-electron chi connectivity index (χ4n) is 3.09. The van der Waals surface area contributed by atoms with Crippen molar-refractivity contribution in [1.29, 1.82) is 0 Å². The normalized spacial score (nSPS) is 10.2. The van der Waals surface area contributed by atoms with Gasteiger partial charge in [-0.1, -0.05) is 0 Å². The van der Waals surface area contributed by atoms with Crippen LogP contribution in [0.1, 0.15) is 44.9 Å². The molecular formula is C25H23N3O7. The molecule has 0 spiro atoms. The van der Waals surface area contributed by atoms with Gasteiger partial charge in [-0.15, -0.1) is 0 Å². The molecule has 0 aliphatic rings. The molecule has 0 aliphatic heterocycles. The molecule has 3 aromatic rings. The number of esters is 1. The molecule has 180 valence electrons. The van der Waals surface area contributed by atoms with Gasteiger partial charge < -0.3 is 20.1 Å². The molecule has 0 aromatic heterocycles. The van der Waals surface area contributed by atoms with Crippen LogP contribution in [-0.4, -0.2) is 35.9 Å². The zero-order chi connectivity index (χ0) is 25.4. The smallest absolute Gasteiger partial charge is 0.338 e. The molecule has 3 aromatic carbocycles. The zero-order valence-electron chi connectivity index (χ0n) is 19.1. The van der Waals surface area contributed by atoms with Crippen LogP contribution in [0.25, 0.3) is 0 Å². The van der Waals surface area contributed by atoms with Crippen LogP contribution in [0.4, 0.5) is 17.1 Å². The lowest BCUT2D eigenvalue weighted by Crippen LogP contribution is -2.15. The van der Waals surface area contributed by atoms with Crippen molar-refractivity contribution < 1.29 is 28.8 Å². The molecule has 0 aliphatic carbocycles. The zero-order valence-corrected chi connectivity index (χ0v) is 19.1. The SMILES string of the molecule is CCOC(=O)c1cc(C(=O)Nc2ccc(C(=O)Nc3ccc(OCC)cc3)cc2)cc([N+](=O)[O-])c1. The van der Waals surface area contributed by atoms with E-state index in [2.05, 4.69) is 10.6 Å². The molecule has 0 bridgehead atoms. The van der Waals surface area contributed by atoms with Gasteiger partial charge in [0.2, 0.25) is 0 Å². The van der Waals surface area contributed by atoms with Crippen molar-refractivity contribution in [2.45, 2.75) is 13.8 Å². The molecule has 0 unspecified atom stereocenters. The van der Waals surface area contributed by atoms with Crippen LogP contribution < -0.4 is 15.4 Å². The van der Waals surface area contributed by atoms with E-state index in [0.717, 1.165) is 12.1 Å². The summed E-state index contributed by atoms with van der Waals surface area (Å²) in [6.07, 6.45) is 0. The lowest BCUT2D eigenvalue weighted by molar-refractivity contribution is -0.384. The maximum atomic E-state index is 12.7. The highest BCUT2D eigenvalue weighted by atomic mass is 16.6. The Morgan fingerprint density at radius 2 is 1.31 bits per heavy atom. The minimum atomic E-state index is -0.770. The number of anilines is 2. The van der Waals surface area contributed by atoms with Gasteiger partial charge in [0.05, 0.1) is 23.7 Å². The monoisotopic (exact) mass is 477 g/mol. The van der Waals surface area contributed by atoms with Crippen molar-refractivity contribution in [1.82, 2.24) is 0 Å². The summed E-state index contributed by atoms with van der Waals surface area (Å²) < 4.78 is 10.2. The summed E-state index contributed by atoms with van der Waals surface area (Å²) in [7, 11) is 0. The van der Waals surface area contributed by atoms with Gasteiger partial charge in [0.25, 0.3) is 17.5 Å². The van der Waals surface area contributed by atoms with Crippen molar-refractivity contribution in [3.8, 4) is 5.75 Å². The number of nitro groups is 1. The number of non-ortho nitro benzene ring substituents is 1. The summed E-state index contributed by atoms with van der Waals surface area (Å²) in [5.74, 6) is -1.08. The van der Waals surface area contributed by atoms with Gasteiger partial charge in [0.15, 0.2) is 0 Å². The van der Waals surface area contributed by atoms with E-state index in [1.54, 1.807) is 31.2 Å². The fourth-order valence-corrected chi connectivity index (χ4v) is 3.09. The van der Waals surface area contributed by atoms with Crippen molar-refractivity contribution in [3.05, 3.63) is 93.5 Å². The number of ether oxygens (including phenoxy) is 2. The Balaban J connectivity index is 1.70. The van der Waals surface area contributed by atoms with E-state index in [4.69, 9.17) is 9.47 Å². The number of amides is 2. The summed E-state index contributed by atoms with van der Waals surface area (Å²) >= 11 is 0. The summed E-state index contributed by atoms with van der Waals surface area (Å²) in [6, 6.07) is 16.4. The van der Waals surface area contributed by atoms with Crippen LogP contribution in [-0.2, 0) is 4.74 Å². The molecular weight excluding hydrogens is 454 g/mol. The second-order valence-electron chi connectivity index (χ2n) is 7.19. The number of hydrogen-bond donors (Lipinski definition) is 2. The average Bonchev–Trinajstić information content (AvgIpc) is 2.85. The number of carbonyl (C=O) groups is 3. The van der Waals surface area contributed by atoms with Crippen LogP contribution in [0.15, 0.2) is 66.7 Å². The molecule has 2 N–H and O–H groups in total. The van der Waals surface area contributed by atoms with Crippen molar-refractivity contribution in [2.75, 3.05) is 23.8 Å². The number of nitro benzene ring substituents is 1. The Bertz CT molecular complexity index is 1240. The topological polar surface area (TPSA) is 137 Å². The van der Waals surface area contributed by atoms with E-state index in [0.29, 0.717) is 29.3 Å². The summed E-state index contributed by atoms with van der Waals surface area (Å²) in [6.45, 7) is 4.11. The highest BCUT2D eigenvalue weighted by Crippen LogP contribution is 2.21. The van der Waals surface area contributed by atoms with Gasteiger partial charge in [-0.05, 0) is 68.4 Å². The van der Waals surface area contributed by atoms with E-state index in [1.165, 1.54) is 30.3 Å². The van der Waals surface area contributed by atoms with E-state index in [-0.39, 0.29) is 23.6 Å². The quantitative estimate of drug-likeness (QED) is 0.259. The van der Waals surface area contributed by atoms with Crippen LogP contribution in [0.5, 0.6) is 5.75 Å². The maximum Gasteiger partial charge on any atom is 0.338 e. The van der Waals surface area contributed by atoms with Gasteiger partial charge in [0.1, 0.15) is 5.75 Å². The van der Waals surface area contributed by atoms with Crippen molar-refractivity contribution >= 4 is 34.8 Å². The number of nitrogens with one attached hydrogen (secondary N) is 2.